The van der Waals surface area contributed by atoms with E-state index in [0.29, 0.717) is 0 Å². The second kappa shape index (κ2) is 6.28. The summed E-state index contributed by atoms with van der Waals surface area (Å²) in [6, 6.07) is 0. The van der Waals surface area contributed by atoms with Gasteiger partial charge in [0, 0.05) is 17.6 Å². The number of carbonyl (C=O) groups excluding carboxylic acids is 1. The molecule has 2 aliphatic rings. The number of rotatable bonds is 2. The number of aliphatic hydroxyl groups excluding tert-OH is 1. The van der Waals surface area contributed by atoms with Crippen LogP contribution in [0.3, 0.4) is 0 Å². The summed E-state index contributed by atoms with van der Waals surface area (Å²) in [5, 5.41) is 9.66. The smallest absolute Gasteiger partial charge is 0.384 e. The van der Waals surface area contributed by atoms with Gasteiger partial charge < -0.3 is 5.11 Å². The van der Waals surface area contributed by atoms with Crippen molar-refractivity contribution in [3.05, 3.63) is 40.0 Å². The summed E-state index contributed by atoms with van der Waals surface area (Å²) >= 11 is 0. The number of Topliss-reactive ketones (excluding diaryl/α,β-unsaturated/α-hetero) is 1. The molecule has 2 aliphatic carbocycles. The van der Waals surface area contributed by atoms with E-state index in [2.05, 4.69) is 0 Å². The zero-order chi connectivity index (χ0) is 25.9. The maximum Gasteiger partial charge on any atom is 0.384 e. The Labute approximate surface area is 170 Å². The minimum absolute atomic E-state index is 1.71. The highest BCUT2D eigenvalue weighted by Crippen LogP contribution is 2.70. The van der Waals surface area contributed by atoms with Crippen LogP contribution in [0.15, 0.2) is 5.57 Å². The number of fused-ring (bicyclic) bond motifs is 1. The van der Waals surface area contributed by atoms with Crippen molar-refractivity contribution in [2.45, 2.75) is 41.7 Å². The van der Waals surface area contributed by atoms with Crippen molar-refractivity contribution in [3.63, 3.8) is 0 Å². The van der Waals surface area contributed by atoms with Crippen molar-refractivity contribution in [3.8, 4) is 0 Å². The fourth-order valence-corrected chi connectivity index (χ4v) is 3.40. The van der Waals surface area contributed by atoms with Gasteiger partial charge in [0.05, 0.1) is 5.56 Å². The maximum absolute atomic E-state index is 14.8. The summed E-state index contributed by atoms with van der Waals surface area (Å²) in [7, 11) is 0. The summed E-state index contributed by atoms with van der Waals surface area (Å²) in [4.78, 5) is 12.1. The number of benzene rings is 1. The van der Waals surface area contributed by atoms with Crippen LogP contribution in [0.4, 0.5) is 65.9 Å². The van der Waals surface area contributed by atoms with Gasteiger partial charge in [-0.2, -0.15) is 43.9 Å². The quantitative estimate of drug-likeness (QED) is 0.322. The van der Waals surface area contributed by atoms with E-state index in [1.807, 2.05) is 0 Å². The van der Waals surface area contributed by atoms with Gasteiger partial charge >= 0.3 is 35.3 Å². The number of allylic oxidation sites excluding steroid dienone is 1. The molecule has 0 saturated heterocycles. The first-order valence-corrected chi connectivity index (χ1v) is 7.97. The molecule has 0 aliphatic heterocycles. The molecule has 17 heteroatoms. The van der Waals surface area contributed by atoms with Crippen molar-refractivity contribution in [2.75, 3.05) is 0 Å². The lowest BCUT2D eigenvalue weighted by molar-refractivity contribution is -0.475. The van der Waals surface area contributed by atoms with Crippen LogP contribution in [0.25, 0.3) is 5.76 Å². The molecule has 0 atom stereocenters. The number of ketones is 1. The van der Waals surface area contributed by atoms with Crippen molar-refractivity contribution < 1.29 is 75.8 Å². The third-order valence-electron chi connectivity index (χ3n) is 5.27. The van der Waals surface area contributed by atoms with E-state index in [0.717, 1.165) is 0 Å². The van der Waals surface area contributed by atoms with E-state index < -0.39 is 93.2 Å². The van der Waals surface area contributed by atoms with Crippen LogP contribution in [0.2, 0.25) is 0 Å². The highest BCUT2D eigenvalue weighted by Gasteiger charge is 3.02. The molecule has 0 radical (unpaired) electrons. The summed E-state index contributed by atoms with van der Waals surface area (Å²) in [6.45, 7) is 0. The molecule has 2 nitrogen and oxygen atoms in total. The Kier molecular flexibility index (Phi) is 4.76. The molecular weight excluding hydrogens is 509 g/mol. The van der Waals surface area contributed by atoms with E-state index in [4.69, 9.17) is 0 Å². The first-order valence-electron chi connectivity index (χ1n) is 7.97. The highest BCUT2D eigenvalue weighted by atomic mass is 19.4. The standard InChI is InChI=1S/C16H3F15O2/c17-5-2-1-3(9(32)4(2)6(18)8(20)7(5)19)10(33)11(21)12(22,23)14(26,27)16(30,31)15(28,29)13(11,24)25/h32H,1H2. The number of hydrogen-bond acceptors (Lipinski definition) is 2. The van der Waals surface area contributed by atoms with Gasteiger partial charge in [0.2, 0.25) is 5.78 Å². The van der Waals surface area contributed by atoms with Gasteiger partial charge in [-0.3, -0.25) is 4.79 Å². The van der Waals surface area contributed by atoms with Crippen LogP contribution in [-0.2, 0) is 11.2 Å². The number of alkyl halides is 11. The fourth-order valence-electron chi connectivity index (χ4n) is 3.40. The molecule has 0 bridgehead atoms. The molecular formula is C16H3F15O2. The summed E-state index contributed by atoms with van der Waals surface area (Å²) < 4.78 is 206. The third kappa shape index (κ3) is 2.32. The number of carbonyl (C=O) groups is 1. The molecule has 0 spiro atoms. The molecule has 0 unspecified atom stereocenters. The van der Waals surface area contributed by atoms with E-state index >= 15 is 0 Å². The highest BCUT2D eigenvalue weighted by molar-refractivity contribution is 6.10. The van der Waals surface area contributed by atoms with Gasteiger partial charge in [-0.25, -0.2) is 22.0 Å². The topological polar surface area (TPSA) is 37.3 Å². The van der Waals surface area contributed by atoms with Crippen LogP contribution < -0.4 is 0 Å². The maximum atomic E-state index is 14.8. The Balaban J connectivity index is 2.32. The summed E-state index contributed by atoms with van der Waals surface area (Å²) in [5.74, 6) is -55.0. The van der Waals surface area contributed by atoms with Crippen LogP contribution in [-0.4, -0.2) is 46.2 Å². The van der Waals surface area contributed by atoms with Crippen molar-refractivity contribution in [1.82, 2.24) is 0 Å². The van der Waals surface area contributed by atoms with Crippen LogP contribution in [0, 0.1) is 23.3 Å². The molecule has 1 aromatic carbocycles. The Bertz CT molecular complexity index is 1090. The molecule has 1 fully saturated rings. The predicted octanol–water partition coefficient (Wildman–Crippen LogP) is 5.54. The number of hydrogen-bond donors (Lipinski definition) is 1. The molecule has 0 heterocycles. The second-order valence-electron chi connectivity index (χ2n) is 6.97. The first-order chi connectivity index (χ1) is 14.6. The largest absolute Gasteiger partial charge is 0.507 e. The second-order valence-corrected chi connectivity index (χ2v) is 6.97. The van der Waals surface area contributed by atoms with Gasteiger partial charge in [0.15, 0.2) is 23.3 Å². The molecule has 33 heavy (non-hydrogen) atoms. The van der Waals surface area contributed by atoms with E-state index in [1.165, 1.54) is 0 Å². The molecule has 0 amide bonds. The SMILES string of the molecule is O=C(C1=C(O)c2c(F)c(F)c(F)c(F)c2C1)C1(F)C(F)(F)C(F)(F)C(F)(F)C(F)(F)C1(F)F. The van der Waals surface area contributed by atoms with Gasteiger partial charge in [-0.15, -0.1) is 0 Å². The molecule has 0 aromatic heterocycles. The van der Waals surface area contributed by atoms with Crippen LogP contribution in [0.1, 0.15) is 11.1 Å². The van der Waals surface area contributed by atoms with Gasteiger partial charge in [-0.05, 0) is 0 Å². The van der Waals surface area contributed by atoms with Gasteiger partial charge in [0.1, 0.15) is 5.76 Å². The summed E-state index contributed by atoms with van der Waals surface area (Å²) in [5.41, 5.74) is -13.3. The minimum Gasteiger partial charge on any atom is -0.507 e. The lowest BCUT2D eigenvalue weighted by Crippen LogP contribution is -2.85. The molecule has 1 aromatic rings. The summed E-state index contributed by atoms with van der Waals surface area (Å²) in [6.07, 6.45) is -2.08. The first kappa shape index (κ1) is 25.0. The van der Waals surface area contributed by atoms with Crippen LogP contribution >= 0.6 is 0 Å². The average Bonchev–Trinajstić information content (AvgIpc) is 3.05. The van der Waals surface area contributed by atoms with Gasteiger partial charge in [-0.1, -0.05) is 0 Å². The molecule has 184 valence electrons. The number of aliphatic hydroxyl groups is 1. The molecule has 3 rings (SSSR count). The van der Waals surface area contributed by atoms with Crippen molar-refractivity contribution >= 4 is 11.5 Å². The lowest BCUT2D eigenvalue weighted by Gasteiger charge is -2.51. The fraction of sp³-hybridized carbons (Fsp3) is 0.438. The minimum atomic E-state index is -7.66. The Hall–Kier alpha value is -2.62. The van der Waals surface area contributed by atoms with Crippen molar-refractivity contribution in [2.24, 2.45) is 0 Å². The Morgan fingerprint density at radius 2 is 0.970 bits per heavy atom. The zero-order valence-electron chi connectivity index (χ0n) is 14.7. The van der Waals surface area contributed by atoms with Gasteiger partial charge in [0.25, 0.3) is 0 Å². The molecule has 1 saturated carbocycles. The average molecular weight is 512 g/mol. The Morgan fingerprint density at radius 3 is 1.39 bits per heavy atom. The van der Waals surface area contributed by atoms with Crippen LogP contribution in [0.5, 0.6) is 0 Å². The normalized spacial score (nSPS) is 25.7. The Morgan fingerprint density at radius 1 is 0.606 bits per heavy atom. The predicted molar refractivity (Wildman–Crippen MR) is 73.1 cm³/mol. The molecule has 1 N–H and O–H groups in total. The van der Waals surface area contributed by atoms with Crippen molar-refractivity contribution in [1.29, 1.82) is 0 Å². The monoisotopic (exact) mass is 512 g/mol. The third-order valence-corrected chi connectivity index (χ3v) is 5.27. The lowest BCUT2D eigenvalue weighted by atomic mass is 9.69. The van der Waals surface area contributed by atoms with E-state index in [-0.39, 0.29) is 0 Å². The van der Waals surface area contributed by atoms with E-state index in [1.54, 1.807) is 0 Å². The zero-order valence-corrected chi connectivity index (χ0v) is 14.7. The van der Waals surface area contributed by atoms with E-state index in [9.17, 15) is 75.8 Å². The number of halogens is 15.